The van der Waals surface area contributed by atoms with Crippen LogP contribution >= 0.6 is 0 Å². The van der Waals surface area contributed by atoms with Gasteiger partial charge in [0.15, 0.2) is 6.61 Å². The van der Waals surface area contributed by atoms with Crippen LogP contribution in [0.1, 0.15) is 32.6 Å². The summed E-state index contributed by atoms with van der Waals surface area (Å²) in [5.74, 6) is 1.03. The molecule has 1 N–H and O–H groups in total. The van der Waals surface area contributed by atoms with Gasteiger partial charge < -0.3 is 14.8 Å². The molecule has 2 unspecified atom stereocenters. The quantitative estimate of drug-likeness (QED) is 0.839. The Bertz CT molecular complexity index is 430. The third-order valence-electron chi connectivity index (χ3n) is 3.90. The molecule has 1 aromatic carbocycles. The highest BCUT2D eigenvalue weighted by molar-refractivity contribution is 5.70. The Labute approximate surface area is 120 Å². The molecule has 2 rings (SSSR count). The molecule has 2 atom stereocenters. The van der Waals surface area contributed by atoms with E-state index < -0.39 is 0 Å². The number of methoxy groups -OCH3 is 1. The molecule has 110 valence electrons. The van der Waals surface area contributed by atoms with Crippen molar-refractivity contribution in [3.8, 4) is 5.75 Å². The molecule has 0 bridgehead atoms. The monoisotopic (exact) mass is 277 g/mol. The lowest BCUT2D eigenvalue weighted by Crippen LogP contribution is -2.30. The van der Waals surface area contributed by atoms with Crippen LogP contribution in [0.15, 0.2) is 24.3 Å². The van der Waals surface area contributed by atoms with Crippen molar-refractivity contribution in [3.05, 3.63) is 24.3 Å². The lowest BCUT2D eigenvalue weighted by Gasteiger charge is -2.30. The second-order valence-electron chi connectivity index (χ2n) is 5.40. The van der Waals surface area contributed by atoms with E-state index in [4.69, 9.17) is 4.74 Å². The molecule has 1 aromatic rings. The van der Waals surface area contributed by atoms with Gasteiger partial charge in [-0.15, -0.1) is 0 Å². The summed E-state index contributed by atoms with van der Waals surface area (Å²) in [5.41, 5.74) is 1.11. The largest absolute Gasteiger partial charge is 0.482 e. The Morgan fingerprint density at radius 1 is 1.25 bits per heavy atom. The minimum Gasteiger partial charge on any atom is -0.482 e. The van der Waals surface area contributed by atoms with Gasteiger partial charge in [-0.05, 0) is 43.0 Å². The number of ether oxygens (including phenoxy) is 2. The fourth-order valence-electron chi connectivity index (χ4n) is 2.59. The summed E-state index contributed by atoms with van der Waals surface area (Å²) in [6.07, 6.45) is 5.20. The van der Waals surface area contributed by atoms with E-state index in [1.54, 1.807) is 0 Å². The Hall–Kier alpha value is -1.71. The number of esters is 1. The van der Waals surface area contributed by atoms with E-state index >= 15 is 0 Å². The van der Waals surface area contributed by atoms with E-state index in [0.29, 0.717) is 11.8 Å². The SMILES string of the molecule is COC(=O)COc1ccc(NC2CCCCC2C)cc1. The molecule has 1 aliphatic rings. The fourth-order valence-corrected chi connectivity index (χ4v) is 2.59. The Kier molecular flexibility index (Phi) is 5.27. The zero-order chi connectivity index (χ0) is 14.4. The zero-order valence-electron chi connectivity index (χ0n) is 12.2. The number of nitrogens with one attached hydrogen (secondary N) is 1. The molecule has 0 heterocycles. The minimum absolute atomic E-state index is 0.0526. The number of hydrogen-bond donors (Lipinski definition) is 1. The highest BCUT2D eigenvalue weighted by Crippen LogP contribution is 2.27. The summed E-state index contributed by atoms with van der Waals surface area (Å²) < 4.78 is 9.85. The van der Waals surface area contributed by atoms with Crippen LogP contribution in [-0.2, 0) is 9.53 Å². The highest BCUT2D eigenvalue weighted by atomic mass is 16.6. The summed E-state index contributed by atoms with van der Waals surface area (Å²) >= 11 is 0. The van der Waals surface area contributed by atoms with Crippen LogP contribution in [0.2, 0.25) is 0 Å². The van der Waals surface area contributed by atoms with Gasteiger partial charge in [0.05, 0.1) is 7.11 Å². The number of anilines is 1. The van der Waals surface area contributed by atoms with Gasteiger partial charge in [-0.25, -0.2) is 4.79 Å². The molecule has 1 fully saturated rings. The third-order valence-corrected chi connectivity index (χ3v) is 3.90. The smallest absolute Gasteiger partial charge is 0.343 e. The molecule has 1 aliphatic carbocycles. The second-order valence-corrected chi connectivity index (χ2v) is 5.40. The van der Waals surface area contributed by atoms with Crippen LogP contribution < -0.4 is 10.1 Å². The lowest BCUT2D eigenvalue weighted by molar-refractivity contribution is -0.142. The fraction of sp³-hybridized carbons (Fsp3) is 0.562. The van der Waals surface area contributed by atoms with E-state index in [1.807, 2.05) is 24.3 Å². The maximum Gasteiger partial charge on any atom is 0.343 e. The molecule has 4 nitrogen and oxygen atoms in total. The van der Waals surface area contributed by atoms with Crippen LogP contribution in [0.3, 0.4) is 0 Å². The van der Waals surface area contributed by atoms with Crippen LogP contribution in [0.25, 0.3) is 0 Å². The first-order chi connectivity index (χ1) is 9.69. The number of benzene rings is 1. The molecular weight excluding hydrogens is 254 g/mol. The molecule has 0 aliphatic heterocycles. The minimum atomic E-state index is -0.372. The molecule has 0 spiro atoms. The summed E-state index contributed by atoms with van der Waals surface area (Å²) in [7, 11) is 1.35. The van der Waals surface area contributed by atoms with E-state index in [2.05, 4.69) is 17.0 Å². The number of rotatable bonds is 5. The molecule has 0 amide bonds. The second kappa shape index (κ2) is 7.17. The topological polar surface area (TPSA) is 47.6 Å². The number of carbonyl (C=O) groups excluding carboxylic acids is 1. The van der Waals surface area contributed by atoms with Gasteiger partial charge in [0.1, 0.15) is 5.75 Å². The molecule has 20 heavy (non-hydrogen) atoms. The van der Waals surface area contributed by atoms with Crippen molar-refractivity contribution >= 4 is 11.7 Å². The normalized spacial score (nSPS) is 22.1. The first-order valence-electron chi connectivity index (χ1n) is 7.25. The van der Waals surface area contributed by atoms with Crippen molar-refractivity contribution in [3.63, 3.8) is 0 Å². The molecule has 1 saturated carbocycles. The lowest BCUT2D eigenvalue weighted by atomic mass is 9.86. The van der Waals surface area contributed by atoms with Gasteiger partial charge in [0.25, 0.3) is 0 Å². The Morgan fingerprint density at radius 2 is 1.95 bits per heavy atom. The first-order valence-corrected chi connectivity index (χ1v) is 7.25. The highest BCUT2D eigenvalue weighted by Gasteiger charge is 2.20. The van der Waals surface area contributed by atoms with E-state index in [1.165, 1.54) is 32.8 Å². The van der Waals surface area contributed by atoms with Crippen LogP contribution in [0, 0.1) is 5.92 Å². The molecule has 0 saturated heterocycles. The van der Waals surface area contributed by atoms with Crippen LogP contribution in [0.4, 0.5) is 5.69 Å². The van der Waals surface area contributed by atoms with Gasteiger partial charge in [-0.2, -0.15) is 0 Å². The third kappa shape index (κ3) is 4.15. The number of hydrogen-bond acceptors (Lipinski definition) is 4. The summed E-state index contributed by atoms with van der Waals surface area (Å²) in [6, 6.07) is 8.30. The van der Waals surface area contributed by atoms with Crippen molar-refractivity contribution in [2.24, 2.45) is 5.92 Å². The van der Waals surface area contributed by atoms with Crippen molar-refractivity contribution in [2.45, 2.75) is 38.6 Å². The average molecular weight is 277 g/mol. The summed E-state index contributed by atoms with van der Waals surface area (Å²) in [6.45, 7) is 2.26. The van der Waals surface area contributed by atoms with E-state index in [0.717, 1.165) is 11.6 Å². The maximum atomic E-state index is 11.0. The van der Waals surface area contributed by atoms with Crippen molar-refractivity contribution in [2.75, 3.05) is 19.0 Å². The van der Waals surface area contributed by atoms with Gasteiger partial charge >= 0.3 is 5.97 Å². The first kappa shape index (κ1) is 14.7. The van der Waals surface area contributed by atoms with E-state index in [-0.39, 0.29) is 12.6 Å². The average Bonchev–Trinajstić information content (AvgIpc) is 2.48. The predicted octanol–water partition coefficient (Wildman–Crippen LogP) is 3.23. The van der Waals surface area contributed by atoms with E-state index in [9.17, 15) is 4.79 Å². The van der Waals surface area contributed by atoms with Gasteiger partial charge in [-0.1, -0.05) is 19.8 Å². The molecule has 0 aromatic heterocycles. The summed E-state index contributed by atoms with van der Waals surface area (Å²) in [4.78, 5) is 11.0. The predicted molar refractivity (Wildman–Crippen MR) is 79.0 cm³/mol. The van der Waals surface area contributed by atoms with Crippen molar-refractivity contribution in [1.29, 1.82) is 0 Å². The van der Waals surface area contributed by atoms with Gasteiger partial charge in [0, 0.05) is 11.7 Å². The standard InChI is InChI=1S/C16H23NO3/c1-12-5-3-4-6-15(12)17-13-7-9-14(10-8-13)20-11-16(18)19-2/h7-10,12,15,17H,3-6,11H2,1-2H3. The van der Waals surface area contributed by atoms with Crippen molar-refractivity contribution in [1.82, 2.24) is 0 Å². The molecular formula is C16H23NO3. The van der Waals surface area contributed by atoms with Crippen molar-refractivity contribution < 1.29 is 14.3 Å². The van der Waals surface area contributed by atoms with Crippen LogP contribution in [0.5, 0.6) is 5.75 Å². The molecule has 4 heteroatoms. The Morgan fingerprint density at radius 3 is 2.60 bits per heavy atom. The maximum absolute atomic E-state index is 11.0. The number of carbonyl (C=O) groups is 1. The molecule has 0 radical (unpaired) electrons. The Balaban J connectivity index is 1.86. The van der Waals surface area contributed by atoms with Gasteiger partial charge in [0.2, 0.25) is 0 Å². The zero-order valence-corrected chi connectivity index (χ0v) is 12.2. The summed E-state index contributed by atoms with van der Waals surface area (Å²) in [5, 5.41) is 3.59. The van der Waals surface area contributed by atoms with Gasteiger partial charge in [-0.3, -0.25) is 0 Å². The van der Waals surface area contributed by atoms with Crippen LogP contribution in [-0.4, -0.2) is 25.7 Å².